The van der Waals surface area contributed by atoms with E-state index in [1.165, 1.54) is 30.3 Å². The molecule has 144 valence electrons. The second kappa shape index (κ2) is 8.03. The van der Waals surface area contributed by atoms with Gasteiger partial charge in [0.25, 0.3) is 5.91 Å². The first kappa shape index (κ1) is 19.3. The topological polar surface area (TPSA) is 134 Å². The zero-order valence-corrected chi connectivity index (χ0v) is 15.3. The molecule has 3 rings (SSSR count). The van der Waals surface area contributed by atoms with Crippen LogP contribution in [-0.4, -0.2) is 31.0 Å². The standard InChI is InChI=1S/C18H16N4O5S/c1-2-10-19-28(25,26)15-8-6-12(7-9-15)17(23)20-14-5-3-4-13(11-14)16-21-18(24)27-22-16/h2-9,11,19H,1,10H2,(H,20,23)(H,21,22,24). The molecule has 0 bridgehead atoms. The molecule has 1 heterocycles. The summed E-state index contributed by atoms with van der Waals surface area (Å²) < 4.78 is 30.9. The van der Waals surface area contributed by atoms with Crippen molar-refractivity contribution >= 4 is 21.6 Å². The van der Waals surface area contributed by atoms with Crippen molar-refractivity contribution in [3.8, 4) is 11.4 Å². The predicted octanol–water partition coefficient (Wildman–Crippen LogP) is 1.75. The molecule has 0 aliphatic rings. The number of nitrogens with zero attached hydrogens (tertiary/aromatic N) is 1. The maximum Gasteiger partial charge on any atom is 0.439 e. The van der Waals surface area contributed by atoms with E-state index >= 15 is 0 Å². The second-order valence-electron chi connectivity index (χ2n) is 5.64. The number of sulfonamides is 1. The van der Waals surface area contributed by atoms with Crippen LogP contribution in [0.4, 0.5) is 5.69 Å². The van der Waals surface area contributed by atoms with Gasteiger partial charge in [0.2, 0.25) is 10.0 Å². The first-order chi connectivity index (χ1) is 13.4. The molecular formula is C18H16N4O5S. The Morgan fingerprint density at radius 3 is 2.61 bits per heavy atom. The Hall–Kier alpha value is -3.50. The maximum absolute atomic E-state index is 12.4. The van der Waals surface area contributed by atoms with Crippen molar-refractivity contribution in [2.24, 2.45) is 0 Å². The van der Waals surface area contributed by atoms with Gasteiger partial charge in [-0.15, -0.1) is 6.58 Å². The van der Waals surface area contributed by atoms with Gasteiger partial charge in [0.15, 0.2) is 5.82 Å². The third-order valence-electron chi connectivity index (χ3n) is 3.68. The Labute approximate surface area is 160 Å². The number of carbonyl (C=O) groups is 1. The minimum absolute atomic E-state index is 0.0443. The Kier molecular flexibility index (Phi) is 5.52. The van der Waals surface area contributed by atoms with Crippen LogP contribution in [0.1, 0.15) is 10.4 Å². The van der Waals surface area contributed by atoms with Crippen molar-refractivity contribution in [3.63, 3.8) is 0 Å². The molecule has 2 aromatic carbocycles. The average molecular weight is 400 g/mol. The lowest BCUT2D eigenvalue weighted by atomic mass is 10.1. The summed E-state index contributed by atoms with van der Waals surface area (Å²) in [5, 5.41) is 6.29. The summed E-state index contributed by atoms with van der Waals surface area (Å²) in [7, 11) is -3.66. The van der Waals surface area contributed by atoms with Gasteiger partial charge in [-0.1, -0.05) is 23.4 Å². The Morgan fingerprint density at radius 1 is 1.21 bits per heavy atom. The zero-order chi connectivity index (χ0) is 20.1. The number of anilines is 1. The summed E-state index contributed by atoms with van der Waals surface area (Å²) in [5.41, 5.74) is 1.30. The van der Waals surface area contributed by atoms with E-state index < -0.39 is 21.7 Å². The van der Waals surface area contributed by atoms with Gasteiger partial charge in [-0.3, -0.25) is 14.3 Å². The van der Waals surface area contributed by atoms with Gasteiger partial charge >= 0.3 is 5.76 Å². The zero-order valence-electron chi connectivity index (χ0n) is 14.5. The fourth-order valence-corrected chi connectivity index (χ4v) is 3.34. The summed E-state index contributed by atoms with van der Waals surface area (Å²) in [6, 6.07) is 12.2. The van der Waals surface area contributed by atoms with E-state index in [2.05, 4.69) is 31.3 Å². The fraction of sp³-hybridized carbons (Fsp3) is 0.0556. The lowest BCUT2D eigenvalue weighted by molar-refractivity contribution is 0.102. The number of nitrogens with one attached hydrogen (secondary N) is 3. The number of amides is 1. The van der Waals surface area contributed by atoms with Gasteiger partial charge in [0.05, 0.1) is 4.90 Å². The molecule has 10 heteroatoms. The molecule has 28 heavy (non-hydrogen) atoms. The average Bonchev–Trinajstić information content (AvgIpc) is 3.13. The molecule has 0 fully saturated rings. The van der Waals surface area contributed by atoms with E-state index in [0.717, 1.165) is 0 Å². The molecule has 0 spiro atoms. The highest BCUT2D eigenvalue weighted by molar-refractivity contribution is 7.89. The Bertz CT molecular complexity index is 1160. The van der Waals surface area contributed by atoms with Crippen LogP contribution in [0.25, 0.3) is 11.4 Å². The molecular weight excluding hydrogens is 384 g/mol. The molecule has 0 radical (unpaired) electrons. The van der Waals surface area contributed by atoms with E-state index in [4.69, 9.17) is 0 Å². The smallest absolute Gasteiger partial charge is 0.322 e. The van der Waals surface area contributed by atoms with Crippen LogP contribution < -0.4 is 15.8 Å². The first-order valence-electron chi connectivity index (χ1n) is 8.07. The van der Waals surface area contributed by atoms with Gasteiger partial charge in [-0.05, 0) is 36.4 Å². The molecule has 0 saturated heterocycles. The van der Waals surface area contributed by atoms with E-state index in [0.29, 0.717) is 11.3 Å². The van der Waals surface area contributed by atoms with Crippen LogP contribution >= 0.6 is 0 Å². The molecule has 1 amide bonds. The van der Waals surface area contributed by atoms with Gasteiger partial charge in [-0.2, -0.15) is 0 Å². The number of aromatic nitrogens is 2. The fourth-order valence-electron chi connectivity index (χ4n) is 2.34. The largest absolute Gasteiger partial charge is 0.439 e. The minimum Gasteiger partial charge on any atom is -0.322 e. The van der Waals surface area contributed by atoms with Crippen molar-refractivity contribution in [1.29, 1.82) is 0 Å². The minimum atomic E-state index is -3.66. The lowest BCUT2D eigenvalue weighted by Crippen LogP contribution is -2.23. The summed E-state index contributed by atoms with van der Waals surface area (Å²) in [6.45, 7) is 3.56. The molecule has 3 N–H and O–H groups in total. The molecule has 0 aliphatic heterocycles. The van der Waals surface area contributed by atoms with Gasteiger partial charge in [0.1, 0.15) is 0 Å². The number of hydrogen-bond acceptors (Lipinski definition) is 6. The molecule has 0 unspecified atom stereocenters. The SMILES string of the molecule is C=CCNS(=O)(=O)c1ccc(C(=O)Nc2cccc(-c3noc(=O)[nH]3)c2)cc1. The quantitative estimate of drug-likeness (QED) is 0.517. The Balaban J connectivity index is 1.75. The molecule has 9 nitrogen and oxygen atoms in total. The van der Waals surface area contributed by atoms with E-state index in [1.54, 1.807) is 24.3 Å². The number of benzene rings is 2. The van der Waals surface area contributed by atoms with Crippen LogP contribution in [0.2, 0.25) is 0 Å². The van der Waals surface area contributed by atoms with Crippen LogP contribution in [0.15, 0.2) is 75.4 Å². The Morgan fingerprint density at radius 2 is 1.96 bits per heavy atom. The van der Waals surface area contributed by atoms with E-state index in [-0.39, 0.29) is 22.8 Å². The highest BCUT2D eigenvalue weighted by Gasteiger charge is 2.14. The van der Waals surface area contributed by atoms with Crippen LogP contribution in [0.5, 0.6) is 0 Å². The van der Waals surface area contributed by atoms with Crippen molar-refractivity contribution in [3.05, 3.63) is 77.3 Å². The molecule has 0 saturated carbocycles. The highest BCUT2D eigenvalue weighted by atomic mass is 32.2. The first-order valence-corrected chi connectivity index (χ1v) is 9.56. The summed E-state index contributed by atoms with van der Waals surface area (Å²) in [4.78, 5) is 25.9. The molecule has 1 aromatic heterocycles. The van der Waals surface area contributed by atoms with E-state index in [9.17, 15) is 18.0 Å². The normalized spacial score (nSPS) is 11.1. The van der Waals surface area contributed by atoms with Crippen molar-refractivity contribution in [1.82, 2.24) is 14.9 Å². The van der Waals surface area contributed by atoms with Crippen LogP contribution in [0.3, 0.4) is 0 Å². The van der Waals surface area contributed by atoms with Crippen molar-refractivity contribution in [2.75, 3.05) is 11.9 Å². The summed E-state index contributed by atoms with van der Waals surface area (Å²) in [5.74, 6) is -0.862. The number of H-pyrrole nitrogens is 1. The third kappa shape index (κ3) is 4.42. The second-order valence-corrected chi connectivity index (χ2v) is 7.41. The predicted molar refractivity (Wildman–Crippen MR) is 102 cm³/mol. The summed E-state index contributed by atoms with van der Waals surface area (Å²) >= 11 is 0. The maximum atomic E-state index is 12.4. The molecule has 3 aromatic rings. The summed E-state index contributed by atoms with van der Waals surface area (Å²) in [6.07, 6.45) is 1.43. The number of aromatic amines is 1. The lowest BCUT2D eigenvalue weighted by Gasteiger charge is -2.08. The number of hydrogen-bond donors (Lipinski definition) is 3. The van der Waals surface area contributed by atoms with Crippen LogP contribution in [0, 0.1) is 0 Å². The number of carbonyl (C=O) groups excluding carboxylic acids is 1. The third-order valence-corrected chi connectivity index (χ3v) is 5.12. The monoisotopic (exact) mass is 400 g/mol. The molecule has 0 aliphatic carbocycles. The van der Waals surface area contributed by atoms with Crippen LogP contribution in [-0.2, 0) is 10.0 Å². The molecule has 0 atom stereocenters. The highest BCUT2D eigenvalue weighted by Crippen LogP contribution is 2.19. The van der Waals surface area contributed by atoms with Gasteiger partial charge < -0.3 is 5.32 Å². The number of rotatable bonds is 7. The van der Waals surface area contributed by atoms with Crippen molar-refractivity contribution in [2.45, 2.75) is 4.90 Å². The van der Waals surface area contributed by atoms with Crippen molar-refractivity contribution < 1.29 is 17.7 Å². The van der Waals surface area contributed by atoms with E-state index in [1.807, 2.05) is 0 Å². The van der Waals surface area contributed by atoms with Gasteiger partial charge in [0, 0.05) is 23.4 Å². The van der Waals surface area contributed by atoms with Gasteiger partial charge in [-0.25, -0.2) is 17.9 Å².